The van der Waals surface area contributed by atoms with Gasteiger partial charge in [0.25, 0.3) is 5.91 Å². The predicted molar refractivity (Wildman–Crippen MR) is 68.1 cm³/mol. The van der Waals surface area contributed by atoms with Gasteiger partial charge in [-0.3, -0.25) is 4.79 Å². The molecule has 1 aromatic heterocycles. The molecular weight excluding hydrogens is 233 g/mol. The van der Waals surface area contributed by atoms with Crippen molar-refractivity contribution in [1.29, 1.82) is 0 Å². The van der Waals surface area contributed by atoms with Gasteiger partial charge in [-0.15, -0.1) is 0 Å². The first-order chi connectivity index (χ1) is 8.70. The van der Waals surface area contributed by atoms with Gasteiger partial charge in [-0.25, -0.2) is 9.37 Å². The van der Waals surface area contributed by atoms with Crippen LogP contribution in [0.4, 0.5) is 15.9 Å². The number of carbonyl (C=O) groups excluding carboxylic acids is 1. The van der Waals surface area contributed by atoms with Gasteiger partial charge in [0, 0.05) is 18.9 Å². The van der Waals surface area contributed by atoms with Crippen molar-refractivity contribution >= 4 is 17.4 Å². The fraction of sp³-hybridized carbons (Fsp3) is 0.0769. The summed E-state index contributed by atoms with van der Waals surface area (Å²) in [6.07, 6.45) is 1.60. The van der Waals surface area contributed by atoms with Gasteiger partial charge in [0.2, 0.25) is 0 Å². The largest absolute Gasteiger partial charge is 0.372 e. The summed E-state index contributed by atoms with van der Waals surface area (Å²) < 4.78 is 12.7. The molecule has 0 spiro atoms. The van der Waals surface area contributed by atoms with Crippen molar-refractivity contribution in [1.82, 2.24) is 4.98 Å². The highest BCUT2D eigenvalue weighted by Crippen LogP contribution is 2.14. The molecule has 0 unspecified atom stereocenters. The summed E-state index contributed by atoms with van der Waals surface area (Å²) in [5.74, 6) is -0.138. The second-order valence-corrected chi connectivity index (χ2v) is 3.61. The molecule has 2 rings (SSSR count). The summed E-state index contributed by atoms with van der Waals surface area (Å²) in [6.45, 7) is 0. The molecule has 1 aromatic carbocycles. The van der Waals surface area contributed by atoms with Gasteiger partial charge in [-0.2, -0.15) is 0 Å². The van der Waals surface area contributed by atoms with Crippen molar-refractivity contribution in [3.05, 3.63) is 54.0 Å². The Morgan fingerprint density at radius 1 is 1.22 bits per heavy atom. The fourth-order valence-electron chi connectivity index (χ4n) is 1.52. The van der Waals surface area contributed by atoms with Crippen LogP contribution in [0.25, 0.3) is 0 Å². The minimum atomic E-state index is -0.342. The van der Waals surface area contributed by atoms with E-state index in [2.05, 4.69) is 15.6 Å². The SMILES string of the molecule is CNc1ncccc1C(=O)Nc1ccc(F)cc1. The number of amides is 1. The number of aromatic nitrogens is 1. The first-order valence-corrected chi connectivity index (χ1v) is 5.40. The Hall–Kier alpha value is -2.43. The van der Waals surface area contributed by atoms with Gasteiger partial charge in [-0.05, 0) is 36.4 Å². The van der Waals surface area contributed by atoms with Gasteiger partial charge in [-0.1, -0.05) is 0 Å². The topological polar surface area (TPSA) is 54.0 Å². The summed E-state index contributed by atoms with van der Waals surface area (Å²) in [7, 11) is 1.69. The molecule has 4 nitrogen and oxygen atoms in total. The highest BCUT2D eigenvalue weighted by Gasteiger charge is 2.11. The number of nitrogens with zero attached hydrogens (tertiary/aromatic N) is 1. The lowest BCUT2D eigenvalue weighted by molar-refractivity contribution is 0.102. The lowest BCUT2D eigenvalue weighted by atomic mass is 10.2. The van der Waals surface area contributed by atoms with Crippen LogP contribution < -0.4 is 10.6 Å². The first-order valence-electron chi connectivity index (χ1n) is 5.40. The zero-order chi connectivity index (χ0) is 13.0. The van der Waals surface area contributed by atoms with E-state index < -0.39 is 0 Å². The lowest BCUT2D eigenvalue weighted by Gasteiger charge is -2.08. The Labute approximate surface area is 104 Å². The molecule has 0 aliphatic heterocycles. The Kier molecular flexibility index (Phi) is 3.52. The third kappa shape index (κ3) is 2.63. The maximum Gasteiger partial charge on any atom is 0.259 e. The number of halogens is 1. The minimum Gasteiger partial charge on any atom is -0.372 e. The quantitative estimate of drug-likeness (QED) is 0.873. The van der Waals surface area contributed by atoms with Gasteiger partial charge >= 0.3 is 0 Å². The number of hydrogen-bond acceptors (Lipinski definition) is 3. The zero-order valence-corrected chi connectivity index (χ0v) is 9.77. The molecule has 0 fully saturated rings. The number of pyridine rings is 1. The second kappa shape index (κ2) is 5.27. The highest BCUT2D eigenvalue weighted by atomic mass is 19.1. The van der Waals surface area contributed by atoms with E-state index >= 15 is 0 Å². The number of benzene rings is 1. The van der Waals surface area contributed by atoms with Gasteiger partial charge < -0.3 is 10.6 Å². The Morgan fingerprint density at radius 3 is 2.61 bits per heavy atom. The summed E-state index contributed by atoms with van der Waals surface area (Å²) in [4.78, 5) is 16.0. The van der Waals surface area contributed by atoms with E-state index in [-0.39, 0.29) is 11.7 Å². The number of nitrogens with one attached hydrogen (secondary N) is 2. The van der Waals surface area contributed by atoms with Crippen molar-refractivity contribution in [2.45, 2.75) is 0 Å². The first kappa shape index (κ1) is 12.0. The summed E-state index contributed by atoms with van der Waals surface area (Å²) in [5, 5.41) is 5.51. The molecule has 0 saturated heterocycles. The Morgan fingerprint density at radius 2 is 1.94 bits per heavy atom. The molecule has 0 aliphatic rings. The molecule has 0 atom stereocenters. The van der Waals surface area contributed by atoms with E-state index in [0.717, 1.165) is 0 Å². The van der Waals surface area contributed by atoms with Gasteiger partial charge in [0.05, 0.1) is 5.56 Å². The van der Waals surface area contributed by atoms with Crippen LogP contribution in [0.3, 0.4) is 0 Å². The minimum absolute atomic E-state index is 0.293. The van der Waals surface area contributed by atoms with E-state index in [4.69, 9.17) is 0 Å². The average Bonchev–Trinajstić information content (AvgIpc) is 2.41. The number of anilines is 2. The van der Waals surface area contributed by atoms with E-state index in [1.165, 1.54) is 24.3 Å². The molecule has 2 N–H and O–H groups in total. The standard InChI is InChI=1S/C13H12FN3O/c1-15-12-11(3-2-8-16-12)13(18)17-10-6-4-9(14)5-7-10/h2-8H,1H3,(H,15,16)(H,17,18). The third-order valence-corrected chi connectivity index (χ3v) is 2.39. The van der Waals surface area contributed by atoms with Gasteiger partial charge in [0.15, 0.2) is 0 Å². The van der Waals surface area contributed by atoms with E-state index in [1.807, 2.05) is 0 Å². The van der Waals surface area contributed by atoms with Crippen molar-refractivity contribution in [3.8, 4) is 0 Å². The Balaban J connectivity index is 2.19. The molecule has 92 valence electrons. The summed E-state index contributed by atoms with van der Waals surface area (Å²) in [5.41, 5.74) is 0.969. The Bertz CT molecular complexity index is 554. The third-order valence-electron chi connectivity index (χ3n) is 2.39. The fourth-order valence-corrected chi connectivity index (χ4v) is 1.52. The van der Waals surface area contributed by atoms with Crippen molar-refractivity contribution in [3.63, 3.8) is 0 Å². The van der Waals surface area contributed by atoms with Gasteiger partial charge in [0.1, 0.15) is 11.6 Å². The van der Waals surface area contributed by atoms with Crippen LogP contribution in [0.15, 0.2) is 42.6 Å². The molecule has 0 saturated carbocycles. The van der Waals surface area contributed by atoms with Crippen LogP contribution >= 0.6 is 0 Å². The van der Waals surface area contributed by atoms with E-state index in [0.29, 0.717) is 17.1 Å². The van der Waals surface area contributed by atoms with Crippen molar-refractivity contribution < 1.29 is 9.18 Å². The maximum atomic E-state index is 12.7. The molecule has 1 heterocycles. The van der Waals surface area contributed by atoms with Crippen LogP contribution in [0.5, 0.6) is 0 Å². The van der Waals surface area contributed by atoms with Crippen molar-refractivity contribution in [2.24, 2.45) is 0 Å². The molecule has 2 aromatic rings. The molecule has 5 heteroatoms. The van der Waals surface area contributed by atoms with Crippen LogP contribution in [0.1, 0.15) is 10.4 Å². The zero-order valence-electron chi connectivity index (χ0n) is 9.77. The van der Waals surface area contributed by atoms with Crippen LogP contribution in [0, 0.1) is 5.82 Å². The molecule has 1 amide bonds. The van der Waals surface area contributed by atoms with Crippen LogP contribution in [-0.2, 0) is 0 Å². The van der Waals surface area contributed by atoms with Crippen molar-refractivity contribution in [2.75, 3.05) is 17.7 Å². The van der Waals surface area contributed by atoms with E-state index in [1.54, 1.807) is 25.4 Å². The summed E-state index contributed by atoms with van der Waals surface area (Å²) >= 11 is 0. The normalized spacial score (nSPS) is 9.89. The average molecular weight is 245 g/mol. The second-order valence-electron chi connectivity index (χ2n) is 3.61. The number of hydrogen-bond donors (Lipinski definition) is 2. The summed E-state index contributed by atoms with van der Waals surface area (Å²) in [6, 6.07) is 8.93. The maximum absolute atomic E-state index is 12.7. The van der Waals surface area contributed by atoms with Crippen LogP contribution in [-0.4, -0.2) is 17.9 Å². The van der Waals surface area contributed by atoms with E-state index in [9.17, 15) is 9.18 Å². The molecule has 0 radical (unpaired) electrons. The molecular formula is C13H12FN3O. The highest BCUT2D eigenvalue weighted by molar-refractivity contribution is 6.07. The lowest BCUT2D eigenvalue weighted by Crippen LogP contribution is -2.14. The monoisotopic (exact) mass is 245 g/mol. The molecule has 18 heavy (non-hydrogen) atoms. The predicted octanol–water partition coefficient (Wildman–Crippen LogP) is 2.51. The number of carbonyl (C=O) groups is 1. The smallest absolute Gasteiger partial charge is 0.259 e. The number of rotatable bonds is 3. The molecule has 0 bridgehead atoms. The molecule has 0 aliphatic carbocycles. The van der Waals surface area contributed by atoms with Crippen LogP contribution in [0.2, 0.25) is 0 Å².